The molecule has 0 spiro atoms. The van der Waals surface area contributed by atoms with Crippen molar-refractivity contribution >= 4 is 10.9 Å². The summed E-state index contributed by atoms with van der Waals surface area (Å²) >= 11 is 0. The van der Waals surface area contributed by atoms with E-state index in [1.54, 1.807) is 29.3 Å². The number of benzene rings is 1. The lowest BCUT2D eigenvalue weighted by Crippen LogP contribution is -2.01. The first-order chi connectivity index (χ1) is 8.33. The summed E-state index contributed by atoms with van der Waals surface area (Å²) in [5.41, 5.74) is 1.84. The molecule has 4 heteroatoms. The fourth-order valence-corrected chi connectivity index (χ4v) is 1.83. The van der Waals surface area contributed by atoms with Crippen molar-refractivity contribution in [3.63, 3.8) is 0 Å². The number of aromatic nitrogens is 3. The molecule has 3 nitrogen and oxygen atoms in total. The molecule has 0 amide bonds. The molecule has 0 radical (unpaired) electrons. The Balaban J connectivity index is 2.03. The monoisotopic (exact) mass is 227 g/mol. The third-order valence-corrected chi connectivity index (χ3v) is 2.66. The Labute approximate surface area is 97.5 Å². The van der Waals surface area contributed by atoms with Crippen molar-refractivity contribution in [2.75, 3.05) is 0 Å². The molecule has 2 aromatic heterocycles. The molecule has 0 unspecified atom stereocenters. The zero-order chi connectivity index (χ0) is 11.7. The summed E-state index contributed by atoms with van der Waals surface area (Å²) in [7, 11) is 0. The van der Waals surface area contributed by atoms with E-state index < -0.39 is 0 Å². The van der Waals surface area contributed by atoms with E-state index in [1.807, 2.05) is 12.1 Å². The van der Waals surface area contributed by atoms with Gasteiger partial charge in [0.05, 0.1) is 18.3 Å². The highest BCUT2D eigenvalue weighted by Gasteiger charge is 2.04. The Morgan fingerprint density at radius 3 is 2.94 bits per heavy atom. The molecule has 2 heterocycles. The van der Waals surface area contributed by atoms with Crippen LogP contribution in [0.4, 0.5) is 4.39 Å². The molecular formula is C13H10FN3. The average Bonchev–Trinajstić information content (AvgIpc) is 2.73. The van der Waals surface area contributed by atoms with Crippen molar-refractivity contribution < 1.29 is 4.39 Å². The molecule has 0 saturated carbocycles. The second-order valence-corrected chi connectivity index (χ2v) is 3.87. The Hall–Kier alpha value is -2.23. The highest BCUT2D eigenvalue weighted by molar-refractivity contribution is 5.78. The third-order valence-electron chi connectivity index (χ3n) is 2.66. The summed E-state index contributed by atoms with van der Waals surface area (Å²) in [5.74, 6) is -0.245. The number of pyridine rings is 1. The number of rotatable bonds is 2. The van der Waals surface area contributed by atoms with Gasteiger partial charge >= 0.3 is 0 Å². The van der Waals surface area contributed by atoms with Crippen LogP contribution < -0.4 is 0 Å². The van der Waals surface area contributed by atoms with Gasteiger partial charge in [0.1, 0.15) is 5.82 Å². The van der Waals surface area contributed by atoms with Crippen LogP contribution in [-0.2, 0) is 6.54 Å². The molecule has 0 aliphatic heterocycles. The van der Waals surface area contributed by atoms with Crippen LogP contribution in [0.15, 0.2) is 48.9 Å². The number of hydrogen-bond donors (Lipinski definition) is 0. The van der Waals surface area contributed by atoms with E-state index >= 15 is 0 Å². The first-order valence-corrected chi connectivity index (χ1v) is 5.33. The predicted molar refractivity (Wildman–Crippen MR) is 63.0 cm³/mol. The van der Waals surface area contributed by atoms with E-state index in [0.29, 0.717) is 6.54 Å². The summed E-state index contributed by atoms with van der Waals surface area (Å²) in [6, 6.07) is 8.52. The largest absolute Gasteiger partial charge is 0.264 e. The van der Waals surface area contributed by atoms with Crippen LogP contribution in [-0.4, -0.2) is 14.8 Å². The van der Waals surface area contributed by atoms with Gasteiger partial charge in [-0.3, -0.25) is 9.67 Å². The third kappa shape index (κ3) is 1.89. The van der Waals surface area contributed by atoms with Crippen molar-refractivity contribution in [2.45, 2.75) is 6.54 Å². The lowest BCUT2D eigenvalue weighted by molar-refractivity contribution is 0.626. The first kappa shape index (κ1) is 9.96. The molecule has 17 heavy (non-hydrogen) atoms. The predicted octanol–water partition coefficient (Wildman–Crippen LogP) is 2.62. The fourth-order valence-electron chi connectivity index (χ4n) is 1.83. The minimum atomic E-state index is -0.245. The van der Waals surface area contributed by atoms with Gasteiger partial charge in [-0.1, -0.05) is 6.07 Å². The van der Waals surface area contributed by atoms with Crippen LogP contribution in [0.2, 0.25) is 0 Å². The Kier molecular flexibility index (Phi) is 2.33. The molecular weight excluding hydrogens is 217 g/mol. The lowest BCUT2D eigenvalue weighted by atomic mass is 10.2. The normalized spacial score (nSPS) is 10.9. The van der Waals surface area contributed by atoms with Gasteiger partial charge in [-0.25, -0.2) is 4.39 Å². The van der Waals surface area contributed by atoms with Crippen molar-refractivity contribution in [1.82, 2.24) is 14.8 Å². The van der Waals surface area contributed by atoms with Crippen LogP contribution in [0.5, 0.6) is 0 Å². The second-order valence-electron chi connectivity index (χ2n) is 3.87. The zero-order valence-corrected chi connectivity index (χ0v) is 9.05. The smallest absolute Gasteiger partial charge is 0.125 e. The van der Waals surface area contributed by atoms with E-state index in [-0.39, 0.29) is 5.82 Å². The molecule has 0 aliphatic rings. The second kappa shape index (κ2) is 3.97. The average molecular weight is 227 g/mol. The van der Waals surface area contributed by atoms with Gasteiger partial charge in [0.25, 0.3) is 0 Å². The van der Waals surface area contributed by atoms with Crippen LogP contribution in [0, 0.1) is 5.82 Å². The summed E-state index contributed by atoms with van der Waals surface area (Å²) in [5, 5.41) is 5.19. The molecule has 0 N–H and O–H groups in total. The van der Waals surface area contributed by atoms with Crippen molar-refractivity contribution in [3.05, 3.63) is 60.3 Å². The van der Waals surface area contributed by atoms with Crippen LogP contribution in [0.1, 0.15) is 5.56 Å². The summed E-state index contributed by atoms with van der Waals surface area (Å²) < 4.78 is 15.0. The van der Waals surface area contributed by atoms with Gasteiger partial charge in [-0.05, 0) is 29.8 Å². The quantitative estimate of drug-likeness (QED) is 0.673. The van der Waals surface area contributed by atoms with E-state index in [4.69, 9.17) is 0 Å². The molecule has 1 aromatic carbocycles. The maximum atomic E-state index is 13.2. The highest BCUT2D eigenvalue weighted by Crippen LogP contribution is 2.16. The zero-order valence-electron chi connectivity index (χ0n) is 9.05. The van der Waals surface area contributed by atoms with Crippen LogP contribution >= 0.6 is 0 Å². The van der Waals surface area contributed by atoms with Gasteiger partial charge in [-0.15, -0.1) is 0 Å². The molecule has 0 fully saturated rings. The number of fused-ring (bicyclic) bond motifs is 1. The SMILES string of the molecule is Fc1ccc2cnn(Cc3cccnc3)c2c1. The minimum Gasteiger partial charge on any atom is -0.264 e. The number of nitrogens with zero attached hydrogens (tertiary/aromatic N) is 3. The van der Waals surface area contributed by atoms with E-state index in [2.05, 4.69) is 10.1 Å². The van der Waals surface area contributed by atoms with Crippen LogP contribution in [0.3, 0.4) is 0 Å². The highest BCUT2D eigenvalue weighted by atomic mass is 19.1. The Morgan fingerprint density at radius 1 is 1.18 bits per heavy atom. The fraction of sp³-hybridized carbons (Fsp3) is 0.0769. The number of halogens is 1. The van der Waals surface area contributed by atoms with Crippen molar-refractivity contribution in [2.24, 2.45) is 0 Å². The topological polar surface area (TPSA) is 30.7 Å². The van der Waals surface area contributed by atoms with Gasteiger partial charge in [0, 0.05) is 17.8 Å². The molecule has 0 bridgehead atoms. The van der Waals surface area contributed by atoms with Gasteiger partial charge in [-0.2, -0.15) is 5.10 Å². The standard InChI is InChI=1S/C13H10FN3/c14-12-4-3-11-8-16-17(13(11)6-12)9-10-2-1-5-15-7-10/h1-8H,9H2. The Bertz CT molecular complexity index is 646. The van der Waals surface area contributed by atoms with E-state index in [0.717, 1.165) is 16.5 Å². The minimum absolute atomic E-state index is 0.245. The molecule has 3 rings (SSSR count). The lowest BCUT2D eigenvalue weighted by Gasteiger charge is -2.03. The maximum absolute atomic E-state index is 13.2. The molecule has 0 saturated heterocycles. The summed E-state index contributed by atoms with van der Waals surface area (Å²) in [4.78, 5) is 4.05. The Morgan fingerprint density at radius 2 is 2.12 bits per heavy atom. The van der Waals surface area contributed by atoms with Gasteiger partial charge in [0.15, 0.2) is 0 Å². The maximum Gasteiger partial charge on any atom is 0.125 e. The van der Waals surface area contributed by atoms with Crippen molar-refractivity contribution in [3.8, 4) is 0 Å². The van der Waals surface area contributed by atoms with E-state index in [9.17, 15) is 4.39 Å². The van der Waals surface area contributed by atoms with E-state index in [1.165, 1.54) is 12.1 Å². The molecule has 0 atom stereocenters. The molecule has 84 valence electrons. The summed E-state index contributed by atoms with van der Waals surface area (Å²) in [6.07, 6.45) is 5.25. The van der Waals surface area contributed by atoms with Crippen molar-refractivity contribution in [1.29, 1.82) is 0 Å². The summed E-state index contributed by atoms with van der Waals surface area (Å²) in [6.45, 7) is 0.598. The van der Waals surface area contributed by atoms with Gasteiger partial charge < -0.3 is 0 Å². The molecule has 3 aromatic rings. The van der Waals surface area contributed by atoms with Crippen LogP contribution in [0.25, 0.3) is 10.9 Å². The first-order valence-electron chi connectivity index (χ1n) is 5.33. The molecule has 0 aliphatic carbocycles. The van der Waals surface area contributed by atoms with Gasteiger partial charge in [0.2, 0.25) is 0 Å². The number of hydrogen-bond acceptors (Lipinski definition) is 2.